The Labute approximate surface area is 127 Å². The van der Waals surface area contributed by atoms with Crippen molar-refractivity contribution in [2.45, 2.75) is 0 Å². The van der Waals surface area contributed by atoms with Crippen LogP contribution in [-0.2, 0) is 0 Å². The molecule has 2 N–H and O–H groups in total. The summed E-state index contributed by atoms with van der Waals surface area (Å²) in [6.45, 7) is 3.69. The third-order valence-electron chi connectivity index (χ3n) is 2.70. The Morgan fingerprint density at radius 3 is 2.82 bits per heavy atom. The number of benzene rings is 1. The summed E-state index contributed by atoms with van der Waals surface area (Å²) < 4.78 is 6.45. The topological polar surface area (TPSA) is 76.4 Å². The van der Waals surface area contributed by atoms with Crippen molar-refractivity contribution in [1.29, 1.82) is 0 Å². The minimum Gasteiger partial charge on any atom is -0.410 e. The highest BCUT2D eigenvalue weighted by Crippen LogP contribution is 2.14. The molecule has 0 saturated heterocycles. The molecule has 1 heterocycles. The molecule has 0 bridgehead atoms. The summed E-state index contributed by atoms with van der Waals surface area (Å²) in [6, 6.07) is 8.78. The Balaban J connectivity index is 2.13. The van der Waals surface area contributed by atoms with Gasteiger partial charge in [0.1, 0.15) is 12.1 Å². The number of allylic oxidation sites excluding steroid dienone is 4. The second kappa shape index (κ2) is 7.61. The quantitative estimate of drug-likeness (QED) is 0.655. The second-order valence-corrected chi connectivity index (χ2v) is 4.16. The maximum atomic E-state index is 12.0. The van der Waals surface area contributed by atoms with E-state index in [1.165, 1.54) is 17.1 Å². The maximum absolute atomic E-state index is 12.0. The van der Waals surface area contributed by atoms with Crippen molar-refractivity contribution in [1.82, 2.24) is 15.0 Å². The Bertz CT molecular complexity index is 702. The second-order valence-electron chi connectivity index (χ2n) is 4.16. The molecule has 2 rings (SSSR count). The van der Waals surface area contributed by atoms with E-state index in [4.69, 9.17) is 9.94 Å². The molecule has 0 fully saturated rings. The first kappa shape index (κ1) is 15.3. The molecule has 0 aliphatic carbocycles. The number of imidazole rings is 1. The molecular weight excluding hydrogens is 282 g/mol. The van der Waals surface area contributed by atoms with Crippen molar-refractivity contribution in [2.75, 3.05) is 0 Å². The summed E-state index contributed by atoms with van der Waals surface area (Å²) in [7, 11) is 0. The van der Waals surface area contributed by atoms with Crippen LogP contribution in [0.3, 0.4) is 0 Å². The van der Waals surface area contributed by atoms with Gasteiger partial charge in [-0.2, -0.15) is 0 Å². The molecule has 0 aliphatic rings. The van der Waals surface area contributed by atoms with Crippen LogP contribution in [0.15, 0.2) is 73.9 Å². The fourth-order valence-electron chi connectivity index (χ4n) is 1.67. The van der Waals surface area contributed by atoms with E-state index < -0.39 is 6.09 Å². The molecule has 6 nitrogen and oxygen atoms in total. The lowest BCUT2D eigenvalue weighted by atomic mass is 10.2. The third-order valence-corrected chi connectivity index (χ3v) is 2.70. The lowest BCUT2D eigenvalue weighted by molar-refractivity contribution is 0.202. The monoisotopic (exact) mass is 297 g/mol. The molecule has 0 spiro atoms. The van der Waals surface area contributed by atoms with Gasteiger partial charge in [0, 0.05) is 18.0 Å². The zero-order chi connectivity index (χ0) is 15.8. The van der Waals surface area contributed by atoms with Gasteiger partial charge in [0.05, 0.1) is 5.69 Å². The van der Waals surface area contributed by atoms with E-state index >= 15 is 0 Å². The summed E-state index contributed by atoms with van der Waals surface area (Å²) in [5.41, 5.74) is 3.14. The number of hydroxylamine groups is 1. The van der Waals surface area contributed by atoms with Gasteiger partial charge in [0.2, 0.25) is 0 Å². The van der Waals surface area contributed by atoms with Crippen LogP contribution in [0.25, 0.3) is 5.57 Å². The maximum Gasteiger partial charge on any atom is 0.424 e. The van der Waals surface area contributed by atoms with Gasteiger partial charge < -0.3 is 4.74 Å². The summed E-state index contributed by atoms with van der Waals surface area (Å²) in [6.07, 6.45) is 8.55. The SMILES string of the molecule is C=C/C(=C\C=C/NO)c1cn(C(=O)Oc2ccccc2)cn1. The minimum absolute atomic E-state index is 0.458. The molecule has 2 aromatic rings. The fourth-order valence-corrected chi connectivity index (χ4v) is 1.67. The molecule has 0 saturated carbocycles. The molecule has 1 aromatic carbocycles. The van der Waals surface area contributed by atoms with Gasteiger partial charge in [-0.1, -0.05) is 36.9 Å². The van der Waals surface area contributed by atoms with E-state index in [0.717, 1.165) is 0 Å². The van der Waals surface area contributed by atoms with Gasteiger partial charge >= 0.3 is 6.09 Å². The van der Waals surface area contributed by atoms with Crippen LogP contribution in [-0.4, -0.2) is 20.9 Å². The first-order valence-electron chi connectivity index (χ1n) is 6.45. The number of nitrogens with zero attached hydrogens (tertiary/aromatic N) is 2. The molecule has 1 aromatic heterocycles. The normalized spacial score (nSPS) is 11.4. The molecule has 0 unspecified atom stereocenters. The van der Waals surface area contributed by atoms with Crippen LogP contribution in [0.5, 0.6) is 5.75 Å². The minimum atomic E-state index is -0.555. The number of hydrogen-bond donors (Lipinski definition) is 2. The predicted octanol–water partition coefficient (Wildman–Crippen LogP) is 2.99. The molecular formula is C16H15N3O3. The van der Waals surface area contributed by atoms with E-state index in [0.29, 0.717) is 17.0 Å². The molecule has 22 heavy (non-hydrogen) atoms. The van der Waals surface area contributed by atoms with Crippen molar-refractivity contribution >= 4 is 11.7 Å². The van der Waals surface area contributed by atoms with Gasteiger partial charge in [0.25, 0.3) is 0 Å². The van der Waals surface area contributed by atoms with E-state index in [1.54, 1.807) is 48.7 Å². The fraction of sp³-hybridized carbons (Fsp3) is 0. The summed E-state index contributed by atoms with van der Waals surface area (Å²) in [5.74, 6) is 0.458. The first-order chi connectivity index (χ1) is 10.7. The van der Waals surface area contributed by atoms with Crippen LogP contribution in [0.4, 0.5) is 4.79 Å². The van der Waals surface area contributed by atoms with E-state index in [-0.39, 0.29) is 0 Å². The highest BCUT2D eigenvalue weighted by atomic mass is 16.6. The van der Waals surface area contributed by atoms with Crippen LogP contribution in [0.1, 0.15) is 5.69 Å². The average Bonchev–Trinajstić information content (AvgIpc) is 3.02. The molecule has 0 amide bonds. The van der Waals surface area contributed by atoms with Crippen LogP contribution < -0.4 is 10.2 Å². The van der Waals surface area contributed by atoms with E-state index in [1.807, 2.05) is 11.5 Å². The number of hydrogen-bond acceptors (Lipinski definition) is 5. The van der Waals surface area contributed by atoms with Crippen LogP contribution in [0.2, 0.25) is 0 Å². The van der Waals surface area contributed by atoms with Gasteiger partial charge in [-0.05, 0) is 18.2 Å². The van der Waals surface area contributed by atoms with Gasteiger partial charge in [-0.15, -0.1) is 0 Å². The molecule has 0 aliphatic heterocycles. The van der Waals surface area contributed by atoms with E-state index in [2.05, 4.69) is 11.6 Å². The van der Waals surface area contributed by atoms with Gasteiger partial charge in [-0.25, -0.2) is 14.3 Å². The number of nitrogens with one attached hydrogen (secondary N) is 1. The Hall–Kier alpha value is -3.12. The Morgan fingerprint density at radius 2 is 2.14 bits per heavy atom. The summed E-state index contributed by atoms with van der Waals surface area (Å²) in [4.78, 5) is 16.1. The average molecular weight is 297 g/mol. The predicted molar refractivity (Wildman–Crippen MR) is 82.3 cm³/mol. The smallest absolute Gasteiger partial charge is 0.410 e. The molecule has 112 valence electrons. The number of aromatic nitrogens is 2. The number of carbonyl (C=O) groups excluding carboxylic acids is 1. The highest BCUT2D eigenvalue weighted by Gasteiger charge is 2.10. The van der Waals surface area contributed by atoms with Crippen molar-refractivity contribution in [2.24, 2.45) is 0 Å². The first-order valence-corrected chi connectivity index (χ1v) is 6.45. The number of rotatable bonds is 5. The third kappa shape index (κ3) is 3.94. The Kier molecular flexibility index (Phi) is 5.28. The van der Waals surface area contributed by atoms with Crippen LogP contribution in [0, 0.1) is 0 Å². The molecule has 6 heteroatoms. The lowest BCUT2D eigenvalue weighted by Crippen LogP contribution is -2.14. The zero-order valence-corrected chi connectivity index (χ0v) is 11.7. The van der Waals surface area contributed by atoms with Gasteiger partial charge in [0.15, 0.2) is 0 Å². The highest BCUT2D eigenvalue weighted by molar-refractivity contribution is 5.77. The largest absolute Gasteiger partial charge is 0.424 e. The van der Waals surface area contributed by atoms with Crippen LogP contribution >= 0.6 is 0 Å². The van der Waals surface area contributed by atoms with Crippen molar-refractivity contribution < 1.29 is 14.7 Å². The number of para-hydroxylation sites is 1. The summed E-state index contributed by atoms with van der Waals surface area (Å²) in [5, 5.41) is 8.47. The zero-order valence-electron chi connectivity index (χ0n) is 11.7. The molecule has 0 atom stereocenters. The summed E-state index contributed by atoms with van der Waals surface area (Å²) >= 11 is 0. The number of carbonyl (C=O) groups is 1. The Morgan fingerprint density at radius 1 is 1.36 bits per heavy atom. The number of ether oxygens (including phenoxy) is 1. The molecule has 0 radical (unpaired) electrons. The van der Waals surface area contributed by atoms with Gasteiger partial charge in [-0.3, -0.25) is 10.7 Å². The van der Waals surface area contributed by atoms with Crippen molar-refractivity contribution in [3.05, 3.63) is 79.6 Å². The lowest BCUT2D eigenvalue weighted by Gasteiger charge is -2.03. The standard InChI is InChI=1S/C16H15N3O3/c1-2-13(7-6-10-18-21)15-11-19(12-17-15)16(20)22-14-8-4-3-5-9-14/h2-12,18,21H,1H2/b10-6-,13-7+. The van der Waals surface area contributed by atoms with Crippen molar-refractivity contribution in [3.8, 4) is 5.75 Å². The van der Waals surface area contributed by atoms with Crippen molar-refractivity contribution in [3.63, 3.8) is 0 Å². The van der Waals surface area contributed by atoms with E-state index in [9.17, 15) is 4.79 Å².